The SMILES string of the molecule is CNc1ccc(/C(C)=C/C=N\c2ccc(C=O)n2C)cn1. The zero-order valence-corrected chi connectivity index (χ0v) is 12.4. The Labute approximate surface area is 124 Å². The molecule has 0 bridgehead atoms. The second-order valence-corrected chi connectivity index (χ2v) is 4.60. The Morgan fingerprint density at radius 3 is 2.71 bits per heavy atom. The number of nitrogens with zero attached hydrogens (tertiary/aromatic N) is 3. The Morgan fingerprint density at radius 1 is 1.33 bits per heavy atom. The Kier molecular flexibility index (Phi) is 4.66. The van der Waals surface area contributed by atoms with E-state index in [4.69, 9.17) is 0 Å². The number of aldehydes is 1. The minimum Gasteiger partial charge on any atom is -0.373 e. The first-order valence-electron chi connectivity index (χ1n) is 6.61. The molecule has 108 valence electrons. The van der Waals surface area contributed by atoms with Crippen LogP contribution >= 0.6 is 0 Å². The molecule has 0 aliphatic heterocycles. The molecule has 2 aromatic rings. The van der Waals surface area contributed by atoms with E-state index in [1.165, 1.54) is 0 Å². The lowest BCUT2D eigenvalue weighted by Gasteiger charge is -2.02. The molecule has 0 amide bonds. The lowest BCUT2D eigenvalue weighted by Crippen LogP contribution is -1.93. The van der Waals surface area contributed by atoms with Crippen molar-refractivity contribution in [2.75, 3.05) is 12.4 Å². The molecule has 0 aromatic carbocycles. The summed E-state index contributed by atoms with van der Waals surface area (Å²) in [6.45, 7) is 2.00. The molecule has 1 N–H and O–H groups in total. The minimum absolute atomic E-state index is 0.606. The number of allylic oxidation sites excluding steroid dienone is 2. The van der Waals surface area contributed by atoms with Gasteiger partial charge in [0.15, 0.2) is 6.29 Å². The molecule has 2 aromatic heterocycles. The predicted molar refractivity (Wildman–Crippen MR) is 86.4 cm³/mol. The monoisotopic (exact) mass is 282 g/mol. The zero-order valence-electron chi connectivity index (χ0n) is 12.4. The van der Waals surface area contributed by atoms with Crippen molar-refractivity contribution < 1.29 is 4.79 Å². The standard InChI is InChI=1S/C16H18N4O/c1-12(13-4-6-15(17-2)19-10-13)8-9-18-16-7-5-14(11-21)20(16)3/h4-11H,1-3H3,(H,17,19)/b12-8+,18-9-. The quantitative estimate of drug-likeness (QED) is 0.677. The molecule has 5 nitrogen and oxygen atoms in total. The van der Waals surface area contributed by atoms with Crippen LogP contribution in [0.4, 0.5) is 11.6 Å². The predicted octanol–water partition coefficient (Wildman–Crippen LogP) is 3.08. The van der Waals surface area contributed by atoms with E-state index in [1.807, 2.05) is 51.5 Å². The summed E-state index contributed by atoms with van der Waals surface area (Å²) in [5.74, 6) is 1.58. The van der Waals surface area contributed by atoms with Crippen LogP contribution in [0.3, 0.4) is 0 Å². The molecular weight excluding hydrogens is 264 g/mol. The summed E-state index contributed by atoms with van der Waals surface area (Å²) in [4.78, 5) is 19.4. The highest BCUT2D eigenvalue weighted by Crippen LogP contribution is 2.16. The maximum Gasteiger partial charge on any atom is 0.166 e. The summed E-state index contributed by atoms with van der Waals surface area (Å²) in [7, 11) is 3.65. The second-order valence-electron chi connectivity index (χ2n) is 4.60. The third-order valence-corrected chi connectivity index (χ3v) is 3.26. The average molecular weight is 282 g/mol. The van der Waals surface area contributed by atoms with E-state index in [2.05, 4.69) is 15.3 Å². The van der Waals surface area contributed by atoms with E-state index in [1.54, 1.807) is 16.8 Å². The van der Waals surface area contributed by atoms with E-state index < -0.39 is 0 Å². The third kappa shape index (κ3) is 3.45. The number of anilines is 1. The van der Waals surface area contributed by atoms with Crippen molar-refractivity contribution in [2.45, 2.75) is 6.92 Å². The van der Waals surface area contributed by atoms with Gasteiger partial charge in [0.2, 0.25) is 0 Å². The van der Waals surface area contributed by atoms with Crippen LogP contribution in [0.15, 0.2) is 41.5 Å². The summed E-state index contributed by atoms with van der Waals surface area (Å²) < 4.78 is 1.75. The number of rotatable bonds is 5. The average Bonchev–Trinajstić information content (AvgIpc) is 2.87. The lowest BCUT2D eigenvalue weighted by molar-refractivity contribution is 0.111. The van der Waals surface area contributed by atoms with Gasteiger partial charge in [-0.1, -0.05) is 0 Å². The van der Waals surface area contributed by atoms with Gasteiger partial charge in [0, 0.05) is 26.5 Å². The first-order valence-corrected chi connectivity index (χ1v) is 6.61. The maximum absolute atomic E-state index is 10.8. The van der Waals surface area contributed by atoms with Crippen molar-refractivity contribution in [3.8, 4) is 0 Å². The second kappa shape index (κ2) is 6.65. The fraction of sp³-hybridized carbons (Fsp3) is 0.188. The molecule has 0 radical (unpaired) electrons. The molecule has 2 heterocycles. The molecular formula is C16H18N4O. The Morgan fingerprint density at radius 2 is 2.14 bits per heavy atom. The molecule has 0 atom stereocenters. The summed E-state index contributed by atoms with van der Waals surface area (Å²) in [5, 5.41) is 2.98. The third-order valence-electron chi connectivity index (χ3n) is 3.26. The normalized spacial score (nSPS) is 11.9. The zero-order chi connectivity index (χ0) is 15.2. The largest absolute Gasteiger partial charge is 0.373 e. The molecule has 0 spiro atoms. The fourth-order valence-corrected chi connectivity index (χ4v) is 1.86. The molecule has 0 saturated carbocycles. The number of carbonyl (C=O) groups excluding carboxylic acids is 1. The van der Waals surface area contributed by atoms with Crippen molar-refractivity contribution in [3.63, 3.8) is 0 Å². The number of nitrogens with one attached hydrogen (secondary N) is 1. The van der Waals surface area contributed by atoms with Crippen molar-refractivity contribution in [1.82, 2.24) is 9.55 Å². The molecule has 5 heteroatoms. The Balaban J connectivity index is 2.13. The first kappa shape index (κ1) is 14.7. The molecule has 0 aliphatic rings. The summed E-state index contributed by atoms with van der Waals surface area (Å²) in [6.07, 6.45) is 6.28. The molecule has 21 heavy (non-hydrogen) atoms. The van der Waals surface area contributed by atoms with Gasteiger partial charge in [-0.25, -0.2) is 9.98 Å². The van der Waals surface area contributed by atoms with E-state index in [-0.39, 0.29) is 0 Å². The fourth-order valence-electron chi connectivity index (χ4n) is 1.86. The number of aromatic nitrogens is 2. The summed E-state index contributed by atoms with van der Waals surface area (Å²) in [5.41, 5.74) is 2.72. The van der Waals surface area contributed by atoms with Crippen LogP contribution < -0.4 is 5.32 Å². The summed E-state index contributed by atoms with van der Waals surface area (Å²) in [6, 6.07) is 7.49. The van der Waals surface area contributed by atoms with Gasteiger partial charge in [-0.3, -0.25) is 4.79 Å². The van der Waals surface area contributed by atoms with Gasteiger partial charge < -0.3 is 9.88 Å². The molecule has 0 unspecified atom stereocenters. The van der Waals surface area contributed by atoms with Crippen LogP contribution in [-0.2, 0) is 7.05 Å². The van der Waals surface area contributed by atoms with Gasteiger partial charge in [-0.2, -0.15) is 0 Å². The van der Waals surface area contributed by atoms with Crippen LogP contribution in [0.2, 0.25) is 0 Å². The smallest absolute Gasteiger partial charge is 0.166 e. The topological polar surface area (TPSA) is 59.3 Å². The van der Waals surface area contributed by atoms with Gasteiger partial charge in [-0.05, 0) is 48.4 Å². The van der Waals surface area contributed by atoms with E-state index in [0.717, 1.165) is 29.1 Å². The summed E-state index contributed by atoms with van der Waals surface area (Å²) >= 11 is 0. The highest BCUT2D eigenvalue weighted by atomic mass is 16.1. The van der Waals surface area contributed by atoms with E-state index in [9.17, 15) is 4.79 Å². The van der Waals surface area contributed by atoms with Crippen molar-refractivity contribution in [1.29, 1.82) is 0 Å². The maximum atomic E-state index is 10.8. The van der Waals surface area contributed by atoms with Crippen LogP contribution in [0, 0.1) is 0 Å². The van der Waals surface area contributed by atoms with Crippen LogP contribution in [0.5, 0.6) is 0 Å². The number of carbonyl (C=O) groups is 1. The molecule has 2 rings (SSSR count). The first-order chi connectivity index (χ1) is 10.2. The number of hydrogen-bond donors (Lipinski definition) is 1. The van der Waals surface area contributed by atoms with Crippen LogP contribution in [0.25, 0.3) is 5.57 Å². The minimum atomic E-state index is 0.606. The molecule has 0 saturated heterocycles. The van der Waals surface area contributed by atoms with Crippen molar-refractivity contribution >= 4 is 29.7 Å². The molecule has 0 fully saturated rings. The van der Waals surface area contributed by atoms with Gasteiger partial charge in [-0.15, -0.1) is 0 Å². The van der Waals surface area contributed by atoms with Crippen LogP contribution in [-0.4, -0.2) is 29.1 Å². The van der Waals surface area contributed by atoms with Crippen molar-refractivity contribution in [2.24, 2.45) is 12.0 Å². The number of hydrogen-bond acceptors (Lipinski definition) is 4. The lowest BCUT2D eigenvalue weighted by atomic mass is 10.1. The number of pyridine rings is 1. The highest BCUT2D eigenvalue weighted by molar-refractivity contribution is 5.85. The highest BCUT2D eigenvalue weighted by Gasteiger charge is 2.00. The van der Waals surface area contributed by atoms with Gasteiger partial charge in [0.1, 0.15) is 11.6 Å². The molecule has 0 aliphatic carbocycles. The Hall–Kier alpha value is -2.69. The Bertz CT molecular complexity index is 681. The van der Waals surface area contributed by atoms with Crippen molar-refractivity contribution in [3.05, 3.63) is 47.8 Å². The van der Waals surface area contributed by atoms with Gasteiger partial charge in [0.05, 0.1) is 5.69 Å². The van der Waals surface area contributed by atoms with Gasteiger partial charge in [0.25, 0.3) is 0 Å². The number of aliphatic imine (C=N–C) groups is 1. The van der Waals surface area contributed by atoms with Crippen LogP contribution in [0.1, 0.15) is 23.0 Å². The van der Waals surface area contributed by atoms with E-state index >= 15 is 0 Å². The van der Waals surface area contributed by atoms with Gasteiger partial charge >= 0.3 is 0 Å². The van der Waals surface area contributed by atoms with E-state index in [0.29, 0.717) is 5.69 Å².